The number of rotatable bonds is 16. The van der Waals surface area contributed by atoms with Gasteiger partial charge in [0.2, 0.25) is 0 Å². The quantitative estimate of drug-likeness (QED) is 0.160. The monoisotopic (exact) mass is 639 g/mol. The number of benzene rings is 2. The zero-order valence-corrected chi connectivity index (χ0v) is 28.7. The summed E-state index contributed by atoms with van der Waals surface area (Å²) in [6, 6.07) is 21.7. The van der Waals surface area contributed by atoms with E-state index in [0.717, 1.165) is 51.4 Å². The highest BCUT2D eigenvalue weighted by atomic mass is 16.4. The molecule has 4 heteroatoms. The summed E-state index contributed by atoms with van der Waals surface area (Å²) < 4.78 is 0. The van der Waals surface area contributed by atoms with E-state index in [4.69, 9.17) is 5.73 Å². The van der Waals surface area contributed by atoms with Gasteiger partial charge in [-0.2, -0.15) is 0 Å². The molecule has 3 aliphatic rings. The Hall–Kier alpha value is -2.69. The molecule has 6 atom stereocenters. The van der Waals surface area contributed by atoms with Gasteiger partial charge < -0.3 is 15.9 Å². The number of carbonyl (C=O) groups is 1. The Bertz CT molecular complexity index is 1240. The van der Waals surface area contributed by atoms with Crippen LogP contribution >= 0.6 is 0 Å². The number of aryl methyl sites for hydroxylation is 1. The number of allylic oxidation sites excluding steroid dienone is 3. The van der Waals surface area contributed by atoms with Crippen LogP contribution in [0.4, 0.5) is 0 Å². The standard InChI is InChI=1S/C43H61NO3/c44-29-26-39-36(24-25-41(40(39)32-42(46)47)43(27-11-4-12-28-43)37-19-9-3-10-20-37)30-35(23-22-33-14-5-1-6-15-33)18-13-21-38(45)31-34-16-7-2-8-17-34/h1,3,5-6,9-10,13-15,19-21,24-25,34-36,38-41,45H,2,4,7-8,11-12,16-18,22-23,26-32,44H2,(H,46,47). The second-order valence-electron chi connectivity index (χ2n) is 15.3. The molecule has 0 aromatic heterocycles. The first kappa shape index (κ1) is 35.6. The molecule has 2 fully saturated rings. The highest BCUT2D eigenvalue weighted by Crippen LogP contribution is 2.54. The molecule has 2 saturated carbocycles. The van der Waals surface area contributed by atoms with Crippen LogP contribution in [0.25, 0.3) is 0 Å². The lowest BCUT2D eigenvalue weighted by Gasteiger charge is -2.51. The first-order chi connectivity index (χ1) is 23.0. The van der Waals surface area contributed by atoms with Crippen LogP contribution < -0.4 is 5.73 Å². The summed E-state index contributed by atoms with van der Waals surface area (Å²) in [5.74, 6) is 1.22. The summed E-state index contributed by atoms with van der Waals surface area (Å²) in [4.78, 5) is 12.5. The van der Waals surface area contributed by atoms with Crippen molar-refractivity contribution in [2.75, 3.05) is 6.54 Å². The number of aliphatic hydroxyl groups is 1. The second-order valence-corrected chi connectivity index (χ2v) is 15.3. The maximum atomic E-state index is 12.5. The molecule has 2 aromatic carbocycles. The van der Waals surface area contributed by atoms with Gasteiger partial charge in [0, 0.05) is 11.8 Å². The number of aliphatic carboxylic acids is 1. The third kappa shape index (κ3) is 9.92. The molecule has 2 aromatic rings. The normalized spacial score (nSPS) is 26.3. The molecule has 4 N–H and O–H groups in total. The minimum absolute atomic E-state index is 0.0160. The Morgan fingerprint density at radius 3 is 2.23 bits per heavy atom. The summed E-state index contributed by atoms with van der Waals surface area (Å²) in [7, 11) is 0. The lowest BCUT2D eigenvalue weighted by Crippen LogP contribution is -2.46. The Morgan fingerprint density at radius 1 is 0.872 bits per heavy atom. The first-order valence-electron chi connectivity index (χ1n) is 19.0. The summed E-state index contributed by atoms with van der Waals surface area (Å²) in [6.07, 6.45) is 27.3. The maximum absolute atomic E-state index is 12.5. The van der Waals surface area contributed by atoms with Crippen molar-refractivity contribution in [3.8, 4) is 0 Å². The van der Waals surface area contributed by atoms with Crippen molar-refractivity contribution in [3.63, 3.8) is 0 Å². The zero-order valence-electron chi connectivity index (χ0n) is 28.7. The Labute approximate surface area is 284 Å². The lowest BCUT2D eigenvalue weighted by atomic mass is 9.53. The average molecular weight is 640 g/mol. The fraction of sp³-hybridized carbons (Fsp3) is 0.605. The van der Waals surface area contributed by atoms with Crippen LogP contribution in [0.5, 0.6) is 0 Å². The fourth-order valence-electron chi connectivity index (χ4n) is 9.85. The summed E-state index contributed by atoms with van der Waals surface area (Å²) >= 11 is 0. The van der Waals surface area contributed by atoms with E-state index in [1.54, 1.807) is 0 Å². The van der Waals surface area contributed by atoms with Crippen molar-refractivity contribution in [1.29, 1.82) is 0 Å². The van der Waals surface area contributed by atoms with Gasteiger partial charge in [-0.25, -0.2) is 0 Å². The SMILES string of the molecule is NCCC1C(CC(CC=CC(O)CC2CCCCC2)CCc2ccccc2)C=CC(C2(c3ccccc3)CCCCC2)C1CC(=O)O. The molecular weight excluding hydrogens is 578 g/mol. The number of hydrogen-bond donors (Lipinski definition) is 3. The summed E-state index contributed by atoms with van der Waals surface area (Å²) in [6.45, 7) is 0.581. The Balaban J connectivity index is 1.38. The van der Waals surface area contributed by atoms with Gasteiger partial charge >= 0.3 is 5.97 Å². The van der Waals surface area contributed by atoms with Crippen molar-refractivity contribution in [2.45, 2.75) is 121 Å². The average Bonchev–Trinajstić information content (AvgIpc) is 3.10. The van der Waals surface area contributed by atoms with E-state index in [-0.39, 0.29) is 35.7 Å². The van der Waals surface area contributed by atoms with E-state index in [0.29, 0.717) is 24.3 Å². The lowest BCUT2D eigenvalue weighted by molar-refractivity contribution is -0.139. The van der Waals surface area contributed by atoms with E-state index in [1.807, 2.05) is 0 Å². The number of carboxylic acids is 1. The van der Waals surface area contributed by atoms with Crippen LogP contribution in [0, 0.1) is 35.5 Å². The van der Waals surface area contributed by atoms with Gasteiger partial charge in [-0.05, 0) is 105 Å². The van der Waals surface area contributed by atoms with E-state index in [2.05, 4.69) is 85.0 Å². The molecule has 4 nitrogen and oxygen atoms in total. The largest absolute Gasteiger partial charge is 0.481 e. The molecular formula is C43H61NO3. The van der Waals surface area contributed by atoms with E-state index in [1.165, 1.54) is 62.5 Å². The number of nitrogens with two attached hydrogens (primary N) is 1. The molecule has 0 spiro atoms. The third-order valence-electron chi connectivity index (χ3n) is 12.2. The molecule has 47 heavy (non-hydrogen) atoms. The second kappa shape index (κ2) is 18.2. The molecule has 0 aliphatic heterocycles. The summed E-state index contributed by atoms with van der Waals surface area (Å²) in [5, 5.41) is 21.2. The molecule has 3 aliphatic carbocycles. The smallest absolute Gasteiger partial charge is 0.303 e. The molecule has 256 valence electrons. The van der Waals surface area contributed by atoms with Gasteiger partial charge in [-0.1, -0.05) is 136 Å². The highest BCUT2D eigenvalue weighted by Gasteiger charge is 2.48. The van der Waals surface area contributed by atoms with E-state index in [9.17, 15) is 15.0 Å². The first-order valence-corrected chi connectivity index (χ1v) is 19.0. The van der Waals surface area contributed by atoms with E-state index >= 15 is 0 Å². The van der Waals surface area contributed by atoms with Gasteiger partial charge in [0.1, 0.15) is 0 Å². The van der Waals surface area contributed by atoms with Gasteiger partial charge in [-0.3, -0.25) is 4.79 Å². The number of carboxylic acid groups (broad SMARTS) is 1. The van der Waals surface area contributed by atoms with Gasteiger partial charge in [0.15, 0.2) is 0 Å². The Kier molecular flexibility index (Phi) is 13.8. The topological polar surface area (TPSA) is 83.5 Å². The van der Waals surface area contributed by atoms with Crippen molar-refractivity contribution in [2.24, 2.45) is 41.2 Å². The number of aliphatic hydroxyl groups excluding tert-OH is 1. The van der Waals surface area contributed by atoms with Crippen LogP contribution in [0.2, 0.25) is 0 Å². The molecule has 0 radical (unpaired) electrons. The molecule has 0 heterocycles. The molecule has 0 saturated heterocycles. The maximum Gasteiger partial charge on any atom is 0.303 e. The predicted molar refractivity (Wildman–Crippen MR) is 194 cm³/mol. The van der Waals surface area contributed by atoms with Crippen LogP contribution in [0.15, 0.2) is 85.0 Å². The molecule has 0 bridgehead atoms. The minimum Gasteiger partial charge on any atom is -0.481 e. The predicted octanol–water partition coefficient (Wildman–Crippen LogP) is 9.66. The molecule has 5 rings (SSSR count). The van der Waals surface area contributed by atoms with Crippen molar-refractivity contribution in [1.82, 2.24) is 0 Å². The van der Waals surface area contributed by atoms with Gasteiger partial charge in [0.05, 0.1) is 6.10 Å². The van der Waals surface area contributed by atoms with Crippen molar-refractivity contribution in [3.05, 3.63) is 96.1 Å². The third-order valence-corrected chi connectivity index (χ3v) is 12.2. The van der Waals surface area contributed by atoms with Crippen molar-refractivity contribution >= 4 is 5.97 Å². The Morgan fingerprint density at radius 2 is 1.55 bits per heavy atom. The highest BCUT2D eigenvalue weighted by molar-refractivity contribution is 5.67. The van der Waals surface area contributed by atoms with Crippen molar-refractivity contribution < 1.29 is 15.0 Å². The van der Waals surface area contributed by atoms with Gasteiger partial charge in [0.25, 0.3) is 0 Å². The summed E-state index contributed by atoms with van der Waals surface area (Å²) in [5.41, 5.74) is 9.06. The zero-order chi connectivity index (χ0) is 32.9. The van der Waals surface area contributed by atoms with Crippen LogP contribution in [0.3, 0.4) is 0 Å². The molecule has 0 amide bonds. The van der Waals surface area contributed by atoms with Gasteiger partial charge in [-0.15, -0.1) is 0 Å². The van der Waals surface area contributed by atoms with Crippen LogP contribution in [-0.4, -0.2) is 28.8 Å². The van der Waals surface area contributed by atoms with Crippen LogP contribution in [0.1, 0.15) is 114 Å². The van der Waals surface area contributed by atoms with Crippen LogP contribution in [-0.2, 0) is 16.6 Å². The minimum atomic E-state index is -0.689. The number of hydrogen-bond acceptors (Lipinski definition) is 3. The fourth-order valence-corrected chi connectivity index (χ4v) is 9.85. The van der Waals surface area contributed by atoms with E-state index < -0.39 is 5.97 Å². The molecule has 6 unspecified atom stereocenters.